The summed E-state index contributed by atoms with van der Waals surface area (Å²) < 4.78 is 17.2. The topological polar surface area (TPSA) is 52.6 Å². The minimum Gasteiger partial charge on any atom is -0.485 e. The summed E-state index contributed by atoms with van der Waals surface area (Å²) in [5, 5.41) is 3.27. The van der Waals surface area contributed by atoms with Gasteiger partial charge in [-0.2, -0.15) is 0 Å². The molecule has 0 amide bonds. The lowest BCUT2D eigenvalue weighted by Gasteiger charge is -2.23. The molecule has 0 unspecified atom stereocenters. The van der Waals surface area contributed by atoms with Crippen LogP contribution in [0.25, 0.3) is 0 Å². The number of hydrogen-bond acceptors (Lipinski definition) is 5. The molecule has 1 aromatic carbocycles. The molecule has 1 fully saturated rings. The van der Waals surface area contributed by atoms with E-state index in [1.807, 2.05) is 42.5 Å². The lowest BCUT2D eigenvalue weighted by atomic mass is 10.3. The average molecular weight is 286 g/mol. The molecule has 1 aliphatic rings. The molecule has 2 heterocycles. The van der Waals surface area contributed by atoms with E-state index in [9.17, 15) is 0 Å². The second-order valence-electron chi connectivity index (χ2n) is 4.73. The van der Waals surface area contributed by atoms with Gasteiger partial charge in [0.15, 0.2) is 5.75 Å². The number of hydrogen-bond donors (Lipinski definition) is 1. The molecule has 2 aromatic rings. The zero-order valence-electron chi connectivity index (χ0n) is 11.7. The number of ether oxygens (including phenoxy) is 3. The average Bonchev–Trinajstić information content (AvgIpc) is 2.56. The predicted molar refractivity (Wildman–Crippen MR) is 78.9 cm³/mol. The first-order chi connectivity index (χ1) is 10.4. The Morgan fingerprint density at radius 2 is 2.10 bits per heavy atom. The van der Waals surface area contributed by atoms with Crippen LogP contribution in [-0.2, 0) is 4.74 Å². The maximum atomic E-state index is 5.80. The first-order valence-corrected chi connectivity index (χ1v) is 7.05. The second kappa shape index (κ2) is 7.06. The van der Waals surface area contributed by atoms with Crippen LogP contribution in [0, 0.1) is 0 Å². The highest BCUT2D eigenvalue weighted by Gasteiger charge is 2.15. The molecule has 1 saturated heterocycles. The molecule has 1 aromatic heterocycles. The molecule has 0 saturated carbocycles. The van der Waals surface area contributed by atoms with Crippen LogP contribution in [0.15, 0.2) is 48.7 Å². The fourth-order valence-corrected chi connectivity index (χ4v) is 2.07. The molecule has 21 heavy (non-hydrogen) atoms. The van der Waals surface area contributed by atoms with Crippen molar-refractivity contribution in [3.05, 3.63) is 48.7 Å². The third-order valence-corrected chi connectivity index (χ3v) is 3.12. The molecule has 5 nitrogen and oxygen atoms in total. The van der Waals surface area contributed by atoms with E-state index in [1.54, 1.807) is 6.20 Å². The summed E-state index contributed by atoms with van der Waals surface area (Å²) in [6.45, 7) is 2.89. The Hall–Kier alpha value is -2.11. The van der Waals surface area contributed by atoms with Crippen LogP contribution < -0.4 is 14.8 Å². The van der Waals surface area contributed by atoms with Crippen LogP contribution in [-0.4, -0.2) is 37.4 Å². The van der Waals surface area contributed by atoms with E-state index >= 15 is 0 Å². The molecule has 1 aliphatic heterocycles. The molecule has 3 rings (SSSR count). The van der Waals surface area contributed by atoms with E-state index in [0.717, 1.165) is 18.8 Å². The van der Waals surface area contributed by atoms with Gasteiger partial charge in [-0.05, 0) is 24.3 Å². The zero-order valence-corrected chi connectivity index (χ0v) is 11.7. The molecule has 0 spiro atoms. The summed E-state index contributed by atoms with van der Waals surface area (Å²) in [5.41, 5.74) is 0. The Morgan fingerprint density at radius 3 is 2.90 bits per heavy atom. The van der Waals surface area contributed by atoms with Gasteiger partial charge in [-0.1, -0.05) is 18.2 Å². The fraction of sp³-hybridized carbons (Fsp3) is 0.312. The van der Waals surface area contributed by atoms with Gasteiger partial charge in [0, 0.05) is 19.3 Å². The Labute approximate surface area is 123 Å². The summed E-state index contributed by atoms with van der Waals surface area (Å²) in [6.07, 6.45) is 1.74. The fourth-order valence-electron chi connectivity index (χ4n) is 2.07. The van der Waals surface area contributed by atoms with Crippen molar-refractivity contribution in [2.45, 2.75) is 6.10 Å². The molecule has 110 valence electrons. The Morgan fingerprint density at radius 1 is 1.19 bits per heavy atom. The third kappa shape index (κ3) is 3.93. The molecule has 0 radical (unpaired) electrons. The molecule has 1 N–H and O–H groups in total. The first-order valence-electron chi connectivity index (χ1n) is 7.05. The van der Waals surface area contributed by atoms with Crippen LogP contribution in [0.4, 0.5) is 0 Å². The number of nitrogens with one attached hydrogen (secondary N) is 1. The maximum Gasteiger partial charge on any atom is 0.262 e. The van der Waals surface area contributed by atoms with Gasteiger partial charge in [0.25, 0.3) is 5.88 Å². The number of para-hydroxylation sites is 1. The number of pyridine rings is 1. The Bertz CT molecular complexity index is 556. The zero-order chi connectivity index (χ0) is 14.3. The van der Waals surface area contributed by atoms with E-state index in [4.69, 9.17) is 14.2 Å². The standard InChI is InChI=1S/C16H18N2O3/c1-2-5-13(6-3-1)21-16-15(7-4-8-18-16)20-12-14-11-17-9-10-19-14/h1-8,14,17H,9-12H2/t14-/m0/s1. The maximum absolute atomic E-state index is 5.80. The minimum absolute atomic E-state index is 0.0588. The van der Waals surface area contributed by atoms with Gasteiger partial charge in [0.2, 0.25) is 0 Å². The molecule has 0 aliphatic carbocycles. The number of benzene rings is 1. The van der Waals surface area contributed by atoms with Crippen LogP contribution >= 0.6 is 0 Å². The quantitative estimate of drug-likeness (QED) is 0.913. The van der Waals surface area contributed by atoms with Crippen molar-refractivity contribution in [1.82, 2.24) is 10.3 Å². The third-order valence-electron chi connectivity index (χ3n) is 3.12. The summed E-state index contributed by atoms with van der Waals surface area (Å²) >= 11 is 0. The van der Waals surface area contributed by atoms with E-state index in [0.29, 0.717) is 24.8 Å². The normalized spacial score (nSPS) is 18.2. The summed E-state index contributed by atoms with van der Waals surface area (Å²) in [5.74, 6) is 1.82. The van der Waals surface area contributed by atoms with Crippen LogP contribution in [0.1, 0.15) is 0 Å². The van der Waals surface area contributed by atoms with Crippen LogP contribution in [0.2, 0.25) is 0 Å². The number of rotatable bonds is 5. The largest absolute Gasteiger partial charge is 0.485 e. The van der Waals surface area contributed by atoms with Gasteiger partial charge in [-0.3, -0.25) is 0 Å². The predicted octanol–water partition coefficient (Wildman–Crippen LogP) is 2.24. The van der Waals surface area contributed by atoms with Crippen molar-refractivity contribution < 1.29 is 14.2 Å². The van der Waals surface area contributed by atoms with E-state index < -0.39 is 0 Å². The van der Waals surface area contributed by atoms with Crippen molar-refractivity contribution in [2.75, 3.05) is 26.3 Å². The van der Waals surface area contributed by atoms with Crippen molar-refractivity contribution in [1.29, 1.82) is 0 Å². The smallest absolute Gasteiger partial charge is 0.262 e. The molecular weight excluding hydrogens is 268 g/mol. The molecule has 5 heteroatoms. The number of morpholine rings is 1. The number of aromatic nitrogens is 1. The lowest BCUT2D eigenvalue weighted by Crippen LogP contribution is -2.41. The SMILES string of the molecule is c1ccc(Oc2ncccc2OC[C@@H]2CNCCO2)cc1. The summed E-state index contributed by atoms with van der Waals surface area (Å²) in [4.78, 5) is 4.23. The first kappa shape index (κ1) is 13.9. The summed E-state index contributed by atoms with van der Waals surface area (Å²) in [7, 11) is 0. The molecular formula is C16H18N2O3. The Kier molecular flexibility index (Phi) is 4.66. The van der Waals surface area contributed by atoms with Gasteiger partial charge < -0.3 is 19.5 Å². The minimum atomic E-state index is 0.0588. The van der Waals surface area contributed by atoms with E-state index in [2.05, 4.69) is 10.3 Å². The van der Waals surface area contributed by atoms with Crippen molar-refractivity contribution >= 4 is 0 Å². The van der Waals surface area contributed by atoms with Crippen LogP contribution in [0.3, 0.4) is 0 Å². The monoisotopic (exact) mass is 286 g/mol. The van der Waals surface area contributed by atoms with Gasteiger partial charge in [-0.15, -0.1) is 0 Å². The van der Waals surface area contributed by atoms with Crippen molar-refractivity contribution in [3.63, 3.8) is 0 Å². The van der Waals surface area contributed by atoms with Gasteiger partial charge >= 0.3 is 0 Å². The van der Waals surface area contributed by atoms with E-state index in [1.165, 1.54) is 0 Å². The van der Waals surface area contributed by atoms with Gasteiger partial charge in [0.1, 0.15) is 18.5 Å². The van der Waals surface area contributed by atoms with E-state index in [-0.39, 0.29) is 6.10 Å². The highest BCUT2D eigenvalue weighted by molar-refractivity contribution is 5.36. The summed E-state index contributed by atoms with van der Waals surface area (Å²) in [6, 6.07) is 13.2. The lowest BCUT2D eigenvalue weighted by molar-refractivity contribution is -0.000292. The van der Waals surface area contributed by atoms with Gasteiger partial charge in [0.05, 0.1) is 6.61 Å². The van der Waals surface area contributed by atoms with Crippen LogP contribution in [0.5, 0.6) is 17.4 Å². The van der Waals surface area contributed by atoms with Gasteiger partial charge in [-0.25, -0.2) is 4.98 Å². The highest BCUT2D eigenvalue weighted by atomic mass is 16.6. The molecule has 1 atom stereocenters. The Balaban J connectivity index is 1.64. The van der Waals surface area contributed by atoms with Crippen molar-refractivity contribution in [2.24, 2.45) is 0 Å². The molecule has 0 bridgehead atoms. The highest BCUT2D eigenvalue weighted by Crippen LogP contribution is 2.28. The second-order valence-corrected chi connectivity index (χ2v) is 4.73. The van der Waals surface area contributed by atoms with Crippen molar-refractivity contribution in [3.8, 4) is 17.4 Å². The number of nitrogens with zero attached hydrogens (tertiary/aromatic N) is 1.